The van der Waals surface area contributed by atoms with E-state index in [-0.39, 0.29) is 13.1 Å². The van der Waals surface area contributed by atoms with Gasteiger partial charge in [-0.15, -0.1) is 0 Å². The molecule has 0 aliphatic rings. The van der Waals surface area contributed by atoms with Gasteiger partial charge >= 0.3 is 0 Å². The third-order valence-electron chi connectivity index (χ3n) is 3.96. The number of hydrogen-bond donors (Lipinski definition) is 4. The third-order valence-corrected chi connectivity index (χ3v) is 4.99. The minimum absolute atomic E-state index is 0.139. The molecule has 4 amide bonds. The van der Waals surface area contributed by atoms with Crippen molar-refractivity contribution in [1.29, 1.82) is 0 Å². The van der Waals surface area contributed by atoms with Gasteiger partial charge in [0.05, 0.1) is 0 Å². The summed E-state index contributed by atoms with van der Waals surface area (Å²) in [5, 5.41) is 10.0. The Morgan fingerprint density at radius 3 is 1.03 bits per heavy atom. The zero-order chi connectivity index (χ0) is 25.1. The average Bonchev–Trinajstić information content (AvgIpc) is 2.55. The van der Waals surface area contributed by atoms with Crippen LogP contribution in [0.3, 0.4) is 0 Å². The van der Waals surface area contributed by atoms with Gasteiger partial charge in [0.1, 0.15) is 11.1 Å². The Bertz CT molecular complexity index is 656. The molecule has 0 bridgehead atoms. The molecular weight excluding hydrogens is 537 g/mol. The molecule has 0 spiro atoms. The van der Waals surface area contributed by atoms with Crippen molar-refractivity contribution in [3.05, 3.63) is 0 Å². The highest BCUT2D eigenvalue weighted by Gasteiger charge is 2.40. The Morgan fingerprint density at radius 2 is 0.806 bits per heavy atom. The van der Waals surface area contributed by atoms with Gasteiger partial charge in [-0.05, 0) is 33.1 Å². The largest absolute Gasteiger partial charge is 0.353 e. The molecule has 0 rings (SSSR count). The molecule has 0 atom stereocenters. The topological polar surface area (TPSA) is 116 Å². The van der Waals surface area contributed by atoms with Crippen LogP contribution < -0.4 is 21.3 Å². The predicted molar refractivity (Wildman–Crippen MR) is 125 cm³/mol. The van der Waals surface area contributed by atoms with E-state index in [1.807, 2.05) is 0 Å². The number of halogens is 6. The van der Waals surface area contributed by atoms with Gasteiger partial charge in [-0.2, -0.15) is 0 Å². The number of amides is 4. The third kappa shape index (κ3) is 10.9. The summed E-state index contributed by atoms with van der Waals surface area (Å²) in [7, 11) is 0. The Labute approximate surface area is 211 Å². The Hall–Kier alpha value is -0.380. The number of alkyl halides is 6. The van der Waals surface area contributed by atoms with Gasteiger partial charge in [-0.1, -0.05) is 83.5 Å². The Kier molecular flexibility index (Phi) is 10.6. The van der Waals surface area contributed by atoms with Crippen molar-refractivity contribution in [3.8, 4) is 0 Å². The highest BCUT2D eigenvalue weighted by molar-refractivity contribution is 6.76. The normalized spacial score (nSPS) is 13.3. The fourth-order valence-corrected chi connectivity index (χ4v) is 2.25. The molecule has 31 heavy (non-hydrogen) atoms. The van der Waals surface area contributed by atoms with Crippen LogP contribution in [0.25, 0.3) is 0 Å². The minimum atomic E-state index is -2.21. The van der Waals surface area contributed by atoms with E-state index in [0.717, 1.165) is 0 Å². The second kappa shape index (κ2) is 10.7. The lowest BCUT2D eigenvalue weighted by molar-refractivity contribution is -0.132. The molecule has 0 aromatic heterocycles. The van der Waals surface area contributed by atoms with E-state index in [1.165, 1.54) is 27.7 Å². The summed E-state index contributed by atoms with van der Waals surface area (Å²) in [6.45, 7) is 9.63. The molecular formula is C17H26Cl6N4O4. The molecule has 0 aromatic carbocycles. The number of hydrogen-bond acceptors (Lipinski definition) is 4. The van der Waals surface area contributed by atoms with Crippen LogP contribution in [0.5, 0.6) is 0 Å². The summed E-state index contributed by atoms with van der Waals surface area (Å²) in [4.78, 5) is 48.5. The Morgan fingerprint density at radius 1 is 0.548 bits per heavy atom. The van der Waals surface area contributed by atoms with Gasteiger partial charge in [-0.3, -0.25) is 19.2 Å². The number of nitrogens with one attached hydrogen (secondary N) is 4. The van der Waals surface area contributed by atoms with Gasteiger partial charge in [0.15, 0.2) is 0 Å². The molecule has 0 radical (unpaired) electrons. The second-order valence-corrected chi connectivity index (χ2v) is 13.2. The first kappa shape index (κ1) is 30.6. The maximum absolute atomic E-state index is 12.5. The molecule has 14 heteroatoms. The van der Waals surface area contributed by atoms with Crippen LogP contribution in [-0.2, 0) is 19.2 Å². The molecule has 8 nitrogen and oxygen atoms in total. The lowest BCUT2D eigenvalue weighted by Gasteiger charge is -2.32. The van der Waals surface area contributed by atoms with Crippen molar-refractivity contribution in [2.75, 3.05) is 13.1 Å². The van der Waals surface area contributed by atoms with Gasteiger partial charge in [0.2, 0.25) is 11.8 Å². The molecule has 0 aromatic rings. The van der Waals surface area contributed by atoms with Crippen molar-refractivity contribution in [2.24, 2.45) is 5.41 Å². The fourth-order valence-electron chi connectivity index (χ4n) is 1.97. The van der Waals surface area contributed by atoms with Crippen molar-refractivity contribution < 1.29 is 19.2 Å². The molecule has 0 saturated heterocycles. The van der Waals surface area contributed by atoms with E-state index < -0.39 is 47.7 Å². The van der Waals surface area contributed by atoms with Crippen LogP contribution in [0.4, 0.5) is 0 Å². The Balaban J connectivity index is 4.84. The van der Waals surface area contributed by atoms with Crippen molar-refractivity contribution in [1.82, 2.24) is 21.3 Å². The first-order valence-electron chi connectivity index (χ1n) is 8.86. The highest BCUT2D eigenvalue weighted by Crippen LogP contribution is 2.27. The lowest BCUT2D eigenvalue weighted by atomic mass is 9.92. The SMILES string of the molecule is CC(C)(CNC(=O)C(C)(C)NC(=O)C(Cl)(Cl)Cl)CNC(=O)C(C)(C)NC(=O)C(Cl)(Cl)Cl. The molecule has 0 unspecified atom stereocenters. The molecule has 180 valence electrons. The van der Waals surface area contributed by atoms with E-state index in [9.17, 15) is 19.2 Å². The van der Waals surface area contributed by atoms with Crippen LogP contribution in [0.1, 0.15) is 41.5 Å². The minimum Gasteiger partial charge on any atom is -0.353 e. The second-order valence-electron chi connectivity index (χ2n) is 8.68. The zero-order valence-corrected chi connectivity index (χ0v) is 22.4. The first-order chi connectivity index (χ1) is 13.5. The zero-order valence-electron chi connectivity index (χ0n) is 17.8. The molecule has 0 aliphatic heterocycles. The maximum Gasteiger partial charge on any atom is 0.272 e. The van der Waals surface area contributed by atoms with E-state index in [0.29, 0.717) is 0 Å². The van der Waals surface area contributed by atoms with E-state index in [1.54, 1.807) is 13.8 Å². The molecule has 0 aliphatic carbocycles. The lowest BCUT2D eigenvalue weighted by Crippen LogP contribution is -2.59. The highest BCUT2D eigenvalue weighted by atomic mass is 35.6. The van der Waals surface area contributed by atoms with Crippen molar-refractivity contribution in [3.63, 3.8) is 0 Å². The smallest absolute Gasteiger partial charge is 0.272 e. The summed E-state index contributed by atoms with van der Waals surface area (Å²) in [5.41, 5.74) is -3.32. The number of rotatable bonds is 8. The van der Waals surface area contributed by atoms with Crippen LogP contribution in [0, 0.1) is 5.41 Å². The van der Waals surface area contributed by atoms with Gasteiger partial charge in [0.25, 0.3) is 19.4 Å². The van der Waals surface area contributed by atoms with Crippen LogP contribution in [0.15, 0.2) is 0 Å². The molecule has 0 fully saturated rings. The number of carbonyl (C=O) groups excluding carboxylic acids is 4. The summed E-state index contributed by atoms with van der Waals surface area (Å²) < 4.78 is -4.42. The standard InChI is InChI=1S/C17H26Cl6N4O4/c1-13(2,7-24-9(28)14(3,4)26-11(30)16(18,19)20)8-25-10(29)15(5,6)27-12(31)17(21,22)23/h7-8H2,1-6H3,(H,24,28)(H,25,29)(H,26,30)(H,27,31). The van der Waals surface area contributed by atoms with E-state index in [4.69, 9.17) is 69.6 Å². The van der Waals surface area contributed by atoms with Gasteiger partial charge < -0.3 is 21.3 Å². The summed E-state index contributed by atoms with van der Waals surface area (Å²) in [5.74, 6) is -2.93. The van der Waals surface area contributed by atoms with Crippen molar-refractivity contribution in [2.45, 2.75) is 60.2 Å². The maximum atomic E-state index is 12.5. The predicted octanol–water partition coefficient (Wildman–Crippen LogP) is 2.78. The average molecular weight is 563 g/mol. The fraction of sp³-hybridized carbons (Fsp3) is 0.765. The molecule has 0 saturated carbocycles. The van der Waals surface area contributed by atoms with Crippen molar-refractivity contribution >= 4 is 93.2 Å². The summed E-state index contributed by atoms with van der Waals surface area (Å²) in [6, 6.07) is 0. The first-order valence-corrected chi connectivity index (χ1v) is 11.1. The van der Waals surface area contributed by atoms with E-state index in [2.05, 4.69) is 21.3 Å². The van der Waals surface area contributed by atoms with E-state index >= 15 is 0 Å². The monoisotopic (exact) mass is 560 g/mol. The van der Waals surface area contributed by atoms with Gasteiger partial charge in [0, 0.05) is 13.1 Å². The van der Waals surface area contributed by atoms with Crippen LogP contribution >= 0.6 is 69.6 Å². The number of carbonyl (C=O) groups is 4. The summed E-state index contributed by atoms with van der Waals surface area (Å²) >= 11 is 33.0. The van der Waals surface area contributed by atoms with Crippen LogP contribution in [0.2, 0.25) is 0 Å². The molecule has 4 N–H and O–H groups in total. The van der Waals surface area contributed by atoms with Crippen LogP contribution in [-0.4, -0.2) is 55.4 Å². The summed E-state index contributed by atoms with van der Waals surface area (Å²) in [6.07, 6.45) is 0. The quantitative estimate of drug-likeness (QED) is 0.340. The van der Waals surface area contributed by atoms with Gasteiger partial charge in [-0.25, -0.2) is 0 Å². The molecule has 0 heterocycles.